The number of carbonyl (C=O) groups is 1. The molecule has 4 aromatic rings. The van der Waals surface area contributed by atoms with Crippen molar-refractivity contribution in [3.8, 4) is 0 Å². The number of H-pyrrole nitrogens is 1. The highest BCUT2D eigenvalue weighted by molar-refractivity contribution is 5.82. The topological polar surface area (TPSA) is 75.6 Å². The summed E-state index contributed by atoms with van der Waals surface area (Å²) in [6, 6.07) is 13.9. The van der Waals surface area contributed by atoms with Crippen molar-refractivity contribution in [2.75, 3.05) is 6.54 Å². The van der Waals surface area contributed by atoms with Gasteiger partial charge in [0.25, 0.3) is 0 Å². The molecule has 0 saturated heterocycles. The van der Waals surface area contributed by atoms with E-state index >= 15 is 0 Å². The Kier molecular flexibility index (Phi) is 3.93. The molecular weight excluding hydrogens is 314 g/mol. The third-order valence-corrected chi connectivity index (χ3v) is 4.37. The van der Waals surface area contributed by atoms with Crippen LogP contribution in [0.15, 0.2) is 48.7 Å². The number of para-hydroxylation sites is 2. The van der Waals surface area contributed by atoms with E-state index in [1.807, 2.05) is 43.3 Å². The third-order valence-electron chi connectivity index (χ3n) is 4.37. The normalized spacial score (nSPS) is 11.2. The van der Waals surface area contributed by atoms with Crippen LogP contribution < -0.4 is 5.32 Å². The number of nitrogens with one attached hydrogen (secondary N) is 2. The van der Waals surface area contributed by atoms with Gasteiger partial charge < -0.3 is 9.88 Å². The van der Waals surface area contributed by atoms with Crippen molar-refractivity contribution in [3.05, 3.63) is 60.0 Å². The Morgan fingerprint density at radius 1 is 1.24 bits per heavy atom. The fraction of sp³-hybridized carbons (Fsp3) is 0.211. The number of amides is 1. The first kappa shape index (κ1) is 15.4. The van der Waals surface area contributed by atoms with Gasteiger partial charge in [-0.2, -0.15) is 5.10 Å². The maximum atomic E-state index is 12.2. The standard InChI is InChI=1S/C19H19N5O/c1-13-22-16-4-2-3-5-18(16)24(13)9-8-20-19(25)11-14-6-7-15-12-21-23-17(15)10-14/h2-7,10,12H,8-9,11H2,1H3,(H,20,25)(H,21,23). The van der Waals surface area contributed by atoms with Crippen LogP contribution in [-0.2, 0) is 17.8 Å². The Morgan fingerprint density at radius 3 is 3.04 bits per heavy atom. The summed E-state index contributed by atoms with van der Waals surface area (Å²) < 4.78 is 2.13. The molecule has 0 fully saturated rings. The van der Waals surface area contributed by atoms with E-state index in [-0.39, 0.29) is 5.91 Å². The van der Waals surface area contributed by atoms with Gasteiger partial charge in [-0.15, -0.1) is 0 Å². The van der Waals surface area contributed by atoms with Gasteiger partial charge >= 0.3 is 0 Å². The van der Waals surface area contributed by atoms with Crippen molar-refractivity contribution >= 4 is 27.8 Å². The van der Waals surface area contributed by atoms with Crippen molar-refractivity contribution in [1.82, 2.24) is 25.1 Å². The lowest BCUT2D eigenvalue weighted by atomic mass is 10.1. The smallest absolute Gasteiger partial charge is 0.224 e. The number of aromatic amines is 1. The lowest BCUT2D eigenvalue weighted by molar-refractivity contribution is -0.120. The highest BCUT2D eigenvalue weighted by atomic mass is 16.1. The molecule has 126 valence electrons. The maximum absolute atomic E-state index is 12.2. The molecule has 2 aromatic heterocycles. The second-order valence-electron chi connectivity index (χ2n) is 6.12. The van der Waals surface area contributed by atoms with Gasteiger partial charge in [-0.25, -0.2) is 4.98 Å². The molecule has 0 radical (unpaired) electrons. The summed E-state index contributed by atoms with van der Waals surface area (Å²) in [5.74, 6) is 0.973. The Bertz CT molecular complexity index is 1050. The van der Waals surface area contributed by atoms with E-state index in [0.29, 0.717) is 19.5 Å². The summed E-state index contributed by atoms with van der Waals surface area (Å²) in [7, 11) is 0. The van der Waals surface area contributed by atoms with E-state index in [4.69, 9.17) is 0 Å². The van der Waals surface area contributed by atoms with E-state index in [1.165, 1.54) is 0 Å². The quantitative estimate of drug-likeness (QED) is 0.589. The number of nitrogens with zero attached hydrogens (tertiary/aromatic N) is 3. The lowest BCUT2D eigenvalue weighted by Gasteiger charge is -2.09. The monoisotopic (exact) mass is 333 g/mol. The minimum atomic E-state index is 0.0148. The van der Waals surface area contributed by atoms with Gasteiger partial charge in [0.15, 0.2) is 0 Å². The van der Waals surface area contributed by atoms with E-state index in [1.54, 1.807) is 6.20 Å². The zero-order chi connectivity index (χ0) is 17.2. The molecule has 0 aliphatic heterocycles. The molecule has 2 aromatic carbocycles. The van der Waals surface area contributed by atoms with Crippen LogP contribution in [0.2, 0.25) is 0 Å². The van der Waals surface area contributed by atoms with Gasteiger partial charge in [0.1, 0.15) is 5.82 Å². The molecule has 2 heterocycles. The van der Waals surface area contributed by atoms with Gasteiger partial charge in [0, 0.05) is 18.5 Å². The molecule has 0 aliphatic carbocycles. The van der Waals surface area contributed by atoms with Crippen LogP contribution >= 0.6 is 0 Å². The highest BCUT2D eigenvalue weighted by Crippen LogP contribution is 2.15. The van der Waals surface area contributed by atoms with Crippen molar-refractivity contribution in [2.45, 2.75) is 19.9 Å². The third kappa shape index (κ3) is 3.10. The van der Waals surface area contributed by atoms with Gasteiger partial charge in [-0.3, -0.25) is 9.89 Å². The molecule has 4 rings (SSSR count). The van der Waals surface area contributed by atoms with Gasteiger partial charge in [0.2, 0.25) is 5.91 Å². The molecule has 0 unspecified atom stereocenters. The van der Waals surface area contributed by atoms with E-state index in [2.05, 4.69) is 31.1 Å². The molecular formula is C19H19N5O. The Morgan fingerprint density at radius 2 is 2.12 bits per heavy atom. The van der Waals surface area contributed by atoms with Crippen LogP contribution in [0.25, 0.3) is 21.9 Å². The zero-order valence-electron chi connectivity index (χ0n) is 14.0. The first-order valence-corrected chi connectivity index (χ1v) is 8.31. The second-order valence-corrected chi connectivity index (χ2v) is 6.12. The summed E-state index contributed by atoms with van der Waals surface area (Å²) in [5.41, 5.74) is 4.00. The first-order valence-electron chi connectivity index (χ1n) is 8.31. The van der Waals surface area contributed by atoms with Crippen molar-refractivity contribution in [1.29, 1.82) is 0 Å². The van der Waals surface area contributed by atoms with Crippen LogP contribution in [0.1, 0.15) is 11.4 Å². The fourth-order valence-electron chi connectivity index (χ4n) is 3.13. The van der Waals surface area contributed by atoms with Crippen molar-refractivity contribution < 1.29 is 4.79 Å². The van der Waals surface area contributed by atoms with E-state index in [9.17, 15) is 4.79 Å². The van der Waals surface area contributed by atoms with Gasteiger partial charge in [-0.1, -0.05) is 24.3 Å². The second kappa shape index (κ2) is 6.39. The molecule has 0 atom stereocenters. The largest absolute Gasteiger partial charge is 0.354 e. The lowest BCUT2D eigenvalue weighted by Crippen LogP contribution is -2.28. The molecule has 0 bridgehead atoms. The predicted octanol–water partition coefficient (Wildman–Crippen LogP) is 2.58. The number of benzene rings is 2. The van der Waals surface area contributed by atoms with Crippen LogP contribution in [0.3, 0.4) is 0 Å². The maximum Gasteiger partial charge on any atom is 0.224 e. The number of hydrogen-bond donors (Lipinski definition) is 2. The van der Waals surface area contributed by atoms with Crippen LogP contribution in [0, 0.1) is 6.92 Å². The predicted molar refractivity (Wildman–Crippen MR) is 97.3 cm³/mol. The summed E-state index contributed by atoms with van der Waals surface area (Å²) in [6.45, 7) is 3.27. The zero-order valence-corrected chi connectivity index (χ0v) is 14.0. The molecule has 0 saturated carbocycles. The number of fused-ring (bicyclic) bond motifs is 2. The summed E-state index contributed by atoms with van der Waals surface area (Å²) in [5, 5.41) is 11.0. The van der Waals surface area contributed by atoms with Crippen molar-refractivity contribution in [2.24, 2.45) is 0 Å². The molecule has 1 amide bonds. The molecule has 2 N–H and O–H groups in total. The number of rotatable bonds is 5. The molecule has 6 heteroatoms. The van der Waals surface area contributed by atoms with Crippen LogP contribution in [0.4, 0.5) is 0 Å². The molecule has 0 aliphatic rings. The average molecular weight is 333 g/mol. The van der Waals surface area contributed by atoms with Crippen LogP contribution in [0.5, 0.6) is 0 Å². The summed E-state index contributed by atoms with van der Waals surface area (Å²) >= 11 is 0. The molecule has 25 heavy (non-hydrogen) atoms. The fourth-order valence-corrected chi connectivity index (χ4v) is 3.13. The van der Waals surface area contributed by atoms with Crippen LogP contribution in [-0.4, -0.2) is 32.2 Å². The number of imidazole rings is 1. The summed E-state index contributed by atoms with van der Waals surface area (Å²) in [4.78, 5) is 16.7. The Balaban J connectivity index is 1.37. The van der Waals surface area contributed by atoms with Gasteiger partial charge in [-0.05, 0) is 30.7 Å². The van der Waals surface area contributed by atoms with E-state index in [0.717, 1.165) is 33.3 Å². The number of hydrogen-bond acceptors (Lipinski definition) is 3. The Labute approximate surface area is 144 Å². The first-order chi connectivity index (χ1) is 12.2. The number of carbonyl (C=O) groups excluding carboxylic acids is 1. The van der Waals surface area contributed by atoms with Gasteiger partial charge in [0.05, 0.1) is 29.2 Å². The molecule has 0 spiro atoms. The highest BCUT2D eigenvalue weighted by Gasteiger charge is 2.08. The minimum Gasteiger partial charge on any atom is -0.354 e. The number of aryl methyl sites for hydroxylation is 1. The number of aromatic nitrogens is 4. The SMILES string of the molecule is Cc1nc2ccccc2n1CCNC(=O)Cc1ccc2cn[nH]c2c1. The minimum absolute atomic E-state index is 0.0148. The molecule has 6 nitrogen and oxygen atoms in total. The summed E-state index contributed by atoms with van der Waals surface area (Å²) in [6.07, 6.45) is 2.13. The van der Waals surface area contributed by atoms with E-state index < -0.39 is 0 Å². The van der Waals surface area contributed by atoms with Crippen molar-refractivity contribution in [3.63, 3.8) is 0 Å². The average Bonchev–Trinajstić information content (AvgIpc) is 3.19. The Hall–Kier alpha value is -3.15.